The van der Waals surface area contributed by atoms with Crippen LogP contribution in [0.25, 0.3) is 0 Å². The van der Waals surface area contributed by atoms with Crippen molar-refractivity contribution < 1.29 is 9.53 Å². The molecule has 2 aromatic rings. The molecule has 1 fully saturated rings. The maximum absolute atomic E-state index is 12.0. The quantitative estimate of drug-likeness (QED) is 0.877. The van der Waals surface area contributed by atoms with E-state index in [1.165, 1.54) is 0 Å². The van der Waals surface area contributed by atoms with Gasteiger partial charge in [0.05, 0.1) is 36.5 Å². The molecule has 6 heteroatoms. The molecule has 6 nitrogen and oxygen atoms in total. The van der Waals surface area contributed by atoms with E-state index in [0.717, 1.165) is 43.4 Å². The van der Waals surface area contributed by atoms with Gasteiger partial charge in [-0.15, -0.1) is 0 Å². The van der Waals surface area contributed by atoms with Crippen molar-refractivity contribution in [2.24, 2.45) is 5.41 Å². The molecule has 3 rings (SSSR count). The van der Waals surface area contributed by atoms with Crippen molar-refractivity contribution in [3.05, 3.63) is 42.6 Å². The number of pyridine rings is 1. The zero-order valence-electron chi connectivity index (χ0n) is 15.6. The van der Waals surface area contributed by atoms with E-state index in [1.54, 1.807) is 6.20 Å². The molecule has 1 aromatic heterocycles. The number of nitrogens with zero attached hydrogens (tertiary/aromatic N) is 2. The lowest BCUT2D eigenvalue weighted by Gasteiger charge is -2.30. The summed E-state index contributed by atoms with van der Waals surface area (Å²) in [5.74, 6) is 0.500. The summed E-state index contributed by atoms with van der Waals surface area (Å²) in [6.45, 7) is 8.89. The summed E-state index contributed by atoms with van der Waals surface area (Å²) in [4.78, 5) is 18.7. The first kappa shape index (κ1) is 18.2. The fraction of sp³-hybridized carbons (Fsp3) is 0.400. The van der Waals surface area contributed by atoms with Gasteiger partial charge in [-0.3, -0.25) is 4.79 Å². The topological polar surface area (TPSA) is 66.5 Å². The predicted molar refractivity (Wildman–Crippen MR) is 105 cm³/mol. The molecule has 138 valence electrons. The van der Waals surface area contributed by atoms with Crippen molar-refractivity contribution in [2.45, 2.75) is 20.8 Å². The Kier molecular flexibility index (Phi) is 5.42. The average molecular weight is 354 g/mol. The number of carbonyl (C=O) groups is 1. The van der Waals surface area contributed by atoms with E-state index in [0.29, 0.717) is 5.82 Å². The van der Waals surface area contributed by atoms with E-state index in [2.05, 4.69) is 32.7 Å². The van der Waals surface area contributed by atoms with Crippen LogP contribution in [0.5, 0.6) is 0 Å². The molecule has 1 aromatic carbocycles. The van der Waals surface area contributed by atoms with Gasteiger partial charge in [0.1, 0.15) is 5.82 Å². The molecule has 0 bridgehead atoms. The third kappa shape index (κ3) is 4.52. The largest absolute Gasteiger partial charge is 0.378 e. The number of amides is 1. The van der Waals surface area contributed by atoms with Crippen LogP contribution in [0.15, 0.2) is 42.6 Å². The normalized spacial score (nSPS) is 14.8. The number of anilines is 4. The molecule has 0 aliphatic carbocycles. The van der Waals surface area contributed by atoms with Crippen molar-refractivity contribution in [2.75, 3.05) is 41.8 Å². The lowest BCUT2D eigenvalue weighted by Crippen LogP contribution is -2.36. The summed E-state index contributed by atoms with van der Waals surface area (Å²) in [5.41, 5.74) is 2.61. The smallest absolute Gasteiger partial charge is 0.230 e. The minimum absolute atomic E-state index is 0.0524. The Hall–Kier alpha value is -2.60. The molecule has 0 radical (unpaired) electrons. The van der Waals surface area contributed by atoms with Crippen molar-refractivity contribution in [3.63, 3.8) is 0 Å². The van der Waals surface area contributed by atoms with Gasteiger partial charge in [0.25, 0.3) is 0 Å². The number of hydrogen-bond acceptors (Lipinski definition) is 5. The SMILES string of the molecule is CC(C)(C)C(=O)Nc1ccc(Nc2ccccc2N2CCOCC2)cn1. The molecule has 1 aliphatic heterocycles. The van der Waals surface area contributed by atoms with Crippen LogP contribution >= 0.6 is 0 Å². The highest BCUT2D eigenvalue weighted by molar-refractivity contribution is 5.93. The minimum Gasteiger partial charge on any atom is -0.378 e. The fourth-order valence-electron chi connectivity index (χ4n) is 2.66. The predicted octanol–water partition coefficient (Wildman–Crippen LogP) is 3.65. The van der Waals surface area contributed by atoms with Crippen LogP contribution < -0.4 is 15.5 Å². The first-order chi connectivity index (χ1) is 12.4. The van der Waals surface area contributed by atoms with Gasteiger partial charge < -0.3 is 20.3 Å². The molecule has 0 spiro atoms. The molecule has 2 heterocycles. The van der Waals surface area contributed by atoms with E-state index in [9.17, 15) is 4.79 Å². The first-order valence-corrected chi connectivity index (χ1v) is 8.90. The number of morpholine rings is 1. The van der Waals surface area contributed by atoms with Crippen LogP contribution in [0.3, 0.4) is 0 Å². The second-order valence-corrected chi connectivity index (χ2v) is 7.38. The highest BCUT2D eigenvalue weighted by Gasteiger charge is 2.21. The number of aromatic nitrogens is 1. The summed E-state index contributed by atoms with van der Waals surface area (Å²) in [6, 6.07) is 11.9. The maximum Gasteiger partial charge on any atom is 0.230 e. The molecule has 0 unspecified atom stereocenters. The number of benzene rings is 1. The molecule has 0 saturated carbocycles. The molecule has 26 heavy (non-hydrogen) atoms. The fourth-order valence-corrected chi connectivity index (χ4v) is 2.66. The summed E-state index contributed by atoms with van der Waals surface area (Å²) < 4.78 is 5.44. The highest BCUT2D eigenvalue weighted by Crippen LogP contribution is 2.29. The zero-order chi connectivity index (χ0) is 18.6. The highest BCUT2D eigenvalue weighted by atomic mass is 16.5. The van der Waals surface area contributed by atoms with Crippen LogP contribution in [-0.4, -0.2) is 37.2 Å². The number of nitrogens with one attached hydrogen (secondary N) is 2. The second-order valence-electron chi connectivity index (χ2n) is 7.38. The molecule has 1 amide bonds. The van der Waals surface area contributed by atoms with Crippen molar-refractivity contribution in [3.8, 4) is 0 Å². The second kappa shape index (κ2) is 7.74. The van der Waals surface area contributed by atoms with Gasteiger partial charge in [-0.1, -0.05) is 32.9 Å². The van der Waals surface area contributed by atoms with Gasteiger partial charge in [0.15, 0.2) is 0 Å². The number of hydrogen-bond donors (Lipinski definition) is 2. The molecular formula is C20H26N4O2. The van der Waals surface area contributed by atoms with E-state index in [4.69, 9.17) is 4.74 Å². The Bertz CT molecular complexity index is 747. The molecule has 2 N–H and O–H groups in total. The standard InChI is InChI=1S/C20H26N4O2/c1-20(2,3)19(25)23-18-9-8-15(14-21-18)22-16-6-4-5-7-17(16)24-10-12-26-13-11-24/h4-9,14,22H,10-13H2,1-3H3,(H,21,23,25). The Morgan fingerprint density at radius 1 is 1.12 bits per heavy atom. The summed E-state index contributed by atoms with van der Waals surface area (Å²) >= 11 is 0. The third-order valence-electron chi connectivity index (χ3n) is 4.22. The Morgan fingerprint density at radius 2 is 1.85 bits per heavy atom. The van der Waals surface area contributed by atoms with Crippen LogP contribution in [0.2, 0.25) is 0 Å². The first-order valence-electron chi connectivity index (χ1n) is 8.90. The van der Waals surface area contributed by atoms with Crippen molar-refractivity contribution >= 4 is 28.8 Å². The summed E-state index contributed by atoms with van der Waals surface area (Å²) in [6.07, 6.45) is 1.73. The zero-order valence-corrected chi connectivity index (χ0v) is 15.6. The van der Waals surface area contributed by atoms with Crippen LogP contribution in [0, 0.1) is 5.41 Å². The maximum atomic E-state index is 12.0. The van der Waals surface area contributed by atoms with E-state index in [1.807, 2.05) is 45.0 Å². The van der Waals surface area contributed by atoms with Crippen LogP contribution in [0.4, 0.5) is 22.9 Å². The summed E-state index contributed by atoms with van der Waals surface area (Å²) in [5, 5.41) is 6.26. The molecule has 1 saturated heterocycles. The Balaban J connectivity index is 1.71. The van der Waals surface area contributed by atoms with E-state index in [-0.39, 0.29) is 5.91 Å². The van der Waals surface area contributed by atoms with Crippen molar-refractivity contribution in [1.29, 1.82) is 0 Å². The van der Waals surface area contributed by atoms with E-state index < -0.39 is 5.41 Å². The summed E-state index contributed by atoms with van der Waals surface area (Å²) in [7, 11) is 0. The van der Waals surface area contributed by atoms with Gasteiger partial charge >= 0.3 is 0 Å². The van der Waals surface area contributed by atoms with Gasteiger partial charge in [0.2, 0.25) is 5.91 Å². The molecule has 0 atom stereocenters. The van der Waals surface area contributed by atoms with Crippen LogP contribution in [-0.2, 0) is 9.53 Å². The van der Waals surface area contributed by atoms with Gasteiger partial charge in [-0.25, -0.2) is 4.98 Å². The third-order valence-corrected chi connectivity index (χ3v) is 4.22. The van der Waals surface area contributed by atoms with Gasteiger partial charge in [0, 0.05) is 18.5 Å². The van der Waals surface area contributed by atoms with Gasteiger partial charge in [-0.2, -0.15) is 0 Å². The monoisotopic (exact) mass is 354 g/mol. The Morgan fingerprint density at radius 3 is 2.50 bits per heavy atom. The van der Waals surface area contributed by atoms with Crippen molar-refractivity contribution in [1.82, 2.24) is 4.98 Å². The lowest BCUT2D eigenvalue weighted by molar-refractivity contribution is -0.123. The number of rotatable bonds is 4. The number of para-hydroxylation sites is 2. The molecular weight excluding hydrogens is 328 g/mol. The van der Waals surface area contributed by atoms with Gasteiger partial charge in [-0.05, 0) is 24.3 Å². The number of carbonyl (C=O) groups excluding carboxylic acids is 1. The minimum atomic E-state index is -0.449. The number of ether oxygens (including phenoxy) is 1. The molecule has 1 aliphatic rings. The van der Waals surface area contributed by atoms with Crippen LogP contribution in [0.1, 0.15) is 20.8 Å². The Labute approximate surface area is 154 Å². The lowest BCUT2D eigenvalue weighted by atomic mass is 9.96. The average Bonchev–Trinajstić information content (AvgIpc) is 2.64. The van der Waals surface area contributed by atoms with E-state index >= 15 is 0 Å².